The summed E-state index contributed by atoms with van der Waals surface area (Å²) in [6.45, 7) is 4.89. The number of hydrogen-bond donors (Lipinski definition) is 2. The van der Waals surface area contributed by atoms with E-state index in [2.05, 4.69) is 29.6 Å². The standard InChI is InChI=1S/C16H24N2O/c1-11(2)15(16(17)19)18-10-13-8-5-7-12-6-3-4-9-14(12)13/h3-4,6,9,11,13,15,18H,5,7-8,10H2,1-2H3,(H2,17,19). The highest BCUT2D eigenvalue weighted by molar-refractivity contribution is 5.80. The topological polar surface area (TPSA) is 55.1 Å². The summed E-state index contributed by atoms with van der Waals surface area (Å²) in [6.07, 6.45) is 3.59. The SMILES string of the molecule is CC(C)C(NCC1CCCc2ccccc21)C(N)=O. The van der Waals surface area contributed by atoms with Gasteiger partial charge in [0.25, 0.3) is 0 Å². The van der Waals surface area contributed by atoms with Gasteiger partial charge in [0.05, 0.1) is 6.04 Å². The molecule has 2 unspecified atom stereocenters. The minimum atomic E-state index is -0.251. The highest BCUT2D eigenvalue weighted by Crippen LogP contribution is 2.30. The van der Waals surface area contributed by atoms with Crippen molar-refractivity contribution in [1.82, 2.24) is 5.32 Å². The van der Waals surface area contributed by atoms with Crippen LogP contribution in [0.15, 0.2) is 24.3 Å². The van der Waals surface area contributed by atoms with Crippen molar-refractivity contribution in [1.29, 1.82) is 0 Å². The van der Waals surface area contributed by atoms with Crippen LogP contribution in [0.25, 0.3) is 0 Å². The lowest BCUT2D eigenvalue weighted by molar-refractivity contribution is -0.121. The Labute approximate surface area is 115 Å². The van der Waals surface area contributed by atoms with Crippen molar-refractivity contribution < 1.29 is 4.79 Å². The Morgan fingerprint density at radius 3 is 2.84 bits per heavy atom. The summed E-state index contributed by atoms with van der Waals surface area (Å²) in [6, 6.07) is 8.42. The molecule has 1 aliphatic carbocycles. The molecule has 0 aromatic heterocycles. The van der Waals surface area contributed by atoms with Gasteiger partial charge in [-0.1, -0.05) is 38.1 Å². The van der Waals surface area contributed by atoms with Crippen LogP contribution in [0.2, 0.25) is 0 Å². The first-order valence-electron chi connectivity index (χ1n) is 7.20. The van der Waals surface area contributed by atoms with Crippen LogP contribution in [-0.2, 0) is 11.2 Å². The van der Waals surface area contributed by atoms with Crippen LogP contribution < -0.4 is 11.1 Å². The van der Waals surface area contributed by atoms with Gasteiger partial charge in [0.1, 0.15) is 0 Å². The zero-order chi connectivity index (χ0) is 13.8. The number of nitrogens with one attached hydrogen (secondary N) is 1. The molecule has 3 N–H and O–H groups in total. The smallest absolute Gasteiger partial charge is 0.234 e. The van der Waals surface area contributed by atoms with E-state index in [0.29, 0.717) is 5.92 Å². The predicted molar refractivity (Wildman–Crippen MR) is 77.9 cm³/mol. The van der Waals surface area contributed by atoms with Gasteiger partial charge >= 0.3 is 0 Å². The van der Waals surface area contributed by atoms with E-state index in [4.69, 9.17) is 5.73 Å². The quantitative estimate of drug-likeness (QED) is 0.853. The number of primary amides is 1. The van der Waals surface area contributed by atoms with Crippen molar-refractivity contribution in [3.8, 4) is 0 Å². The van der Waals surface area contributed by atoms with Crippen LogP contribution in [0.1, 0.15) is 43.7 Å². The molecule has 0 heterocycles. The normalized spacial score (nSPS) is 20.1. The van der Waals surface area contributed by atoms with Crippen LogP contribution in [0, 0.1) is 5.92 Å². The van der Waals surface area contributed by atoms with Crippen molar-refractivity contribution in [2.75, 3.05) is 6.54 Å². The number of fused-ring (bicyclic) bond motifs is 1. The molecule has 1 aromatic rings. The molecule has 3 heteroatoms. The second kappa shape index (κ2) is 6.20. The molecule has 0 radical (unpaired) electrons. The lowest BCUT2D eigenvalue weighted by Crippen LogP contribution is -2.46. The monoisotopic (exact) mass is 260 g/mol. The van der Waals surface area contributed by atoms with Crippen LogP contribution in [0.3, 0.4) is 0 Å². The van der Waals surface area contributed by atoms with E-state index in [1.807, 2.05) is 13.8 Å². The summed E-state index contributed by atoms with van der Waals surface area (Å²) in [5, 5.41) is 3.35. The third-order valence-corrected chi connectivity index (χ3v) is 4.05. The van der Waals surface area contributed by atoms with Gasteiger partial charge in [0.2, 0.25) is 5.91 Å². The Morgan fingerprint density at radius 1 is 1.42 bits per heavy atom. The van der Waals surface area contributed by atoms with Gasteiger partial charge in [0, 0.05) is 6.54 Å². The minimum absolute atomic E-state index is 0.228. The van der Waals surface area contributed by atoms with Crippen LogP contribution >= 0.6 is 0 Å². The summed E-state index contributed by atoms with van der Waals surface area (Å²) >= 11 is 0. The molecule has 1 aliphatic rings. The Kier molecular flexibility index (Phi) is 4.59. The highest BCUT2D eigenvalue weighted by atomic mass is 16.1. The molecule has 1 aromatic carbocycles. The molecule has 0 saturated carbocycles. The molecule has 1 amide bonds. The molecule has 0 saturated heterocycles. The Bertz CT molecular complexity index is 442. The largest absolute Gasteiger partial charge is 0.368 e. The number of rotatable bonds is 5. The lowest BCUT2D eigenvalue weighted by atomic mass is 9.82. The highest BCUT2D eigenvalue weighted by Gasteiger charge is 2.23. The van der Waals surface area contributed by atoms with Crippen LogP contribution in [0.5, 0.6) is 0 Å². The first-order chi connectivity index (χ1) is 9.09. The van der Waals surface area contributed by atoms with Crippen molar-refractivity contribution in [2.45, 2.75) is 45.1 Å². The van der Waals surface area contributed by atoms with Gasteiger partial charge in [-0.3, -0.25) is 4.79 Å². The number of hydrogen-bond acceptors (Lipinski definition) is 2. The molecule has 0 fully saturated rings. The molecule has 3 nitrogen and oxygen atoms in total. The van der Waals surface area contributed by atoms with Crippen molar-refractivity contribution in [3.05, 3.63) is 35.4 Å². The van der Waals surface area contributed by atoms with Gasteiger partial charge in [-0.15, -0.1) is 0 Å². The van der Waals surface area contributed by atoms with Gasteiger partial charge in [-0.05, 0) is 42.2 Å². The Hall–Kier alpha value is -1.35. The number of carbonyl (C=O) groups is 1. The van der Waals surface area contributed by atoms with E-state index in [1.54, 1.807) is 0 Å². The summed E-state index contributed by atoms with van der Waals surface area (Å²) < 4.78 is 0. The average molecular weight is 260 g/mol. The number of amides is 1. The maximum atomic E-state index is 11.4. The molecular weight excluding hydrogens is 236 g/mol. The number of aryl methyl sites for hydroxylation is 1. The van der Waals surface area contributed by atoms with E-state index >= 15 is 0 Å². The van der Waals surface area contributed by atoms with E-state index in [-0.39, 0.29) is 17.9 Å². The second-order valence-electron chi connectivity index (χ2n) is 5.82. The molecule has 0 aliphatic heterocycles. The molecule has 104 valence electrons. The molecular formula is C16H24N2O. The van der Waals surface area contributed by atoms with E-state index < -0.39 is 0 Å². The number of benzene rings is 1. The van der Waals surface area contributed by atoms with E-state index in [9.17, 15) is 4.79 Å². The minimum Gasteiger partial charge on any atom is -0.368 e. The maximum Gasteiger partial charge on any atom is 0.234 e. The average Bonchev–Trinajstić information content (AvgIpc) is 2.38. The van der Waals surface area contributed by atoms with Crippen molar-refractivity contribution in [2.24, 2.45) is 11.7 Å². The zero-order valence-corrected chi connectivity index (χ0v) is 11.9. The summed E-state index contributed by atoms with van der Waals surface area (Å²) in [5.41, 5.74) is 8.34. The zero-order valence-electron chi connectivity index (χ0n) is 11.9. The summed E-state index contributed by atoms with van der Waals surface area (Å²) in [5.74, 6) is 0.487. The molecule has 19 heavy (non-hydrogen) atoms. The van der Waals surface area contributed by atoms with E-state index in [1.165, 1.54) is 30.4 Å². The van der Waals surface area contributed by atoms with Gasteiger partial charge in [-0.2, -0.15) is 0 Å². The van der Waals surface area contributed by atoms with Gasteiger partial charge in [-0.25, -0.2) is 0 Å². The maximum absolute atomic E-state index is 11.4. The molecule has 0 spiro atoms. The fourth-order valence-corrected chi connectivity index (χ4v) is 3.00. The summed E-state index contributed by atoms with van der Waals surface area (Å²) in [7, 11) is 0. The molecule has 2 atom stereocenters. The number of carbonyl (C=O) groups excluding carboxylic acids is 1. The Morgan fingerprint density at radius 2 is 2.16 bits per heavy atom. The first-order valence-corrected chi connectivity index (χ1v) is 7.20. The van der Waals surface area contributed by atoms with Gasteiger partial charge in [0.15, 0.2) is 0 Å². The fourth-order valence-electron chi connectivity index (χ4n) is 3.00. The van der Waals surface area contributed by atoms with Crippen LogP contribution in [-0.4, -0.2) is 18.5 Å². The van der Waals surface area contributed by atoms with Crippen molar-refractivity contribution >= 4 is 5.91 Å². The third-order valence-electron chi connectivity index (χ3n) is 4.05. The first kappa shape index (κ1) is 14.1. The molecule has 2 rings (SSSR count). The van der Waals surface area contributed by atoms with E-state index in [0.717, 1.165) is 6.54 Å². The van der Waals surface area contributed by atoms with Gasteiger partial charge < -0.3 is 11.1 Å². The predicted octanol–water partition coefficient (Wildman–Crippen LogP) is 2.21. The van der Waals surface area contributed by atoms with Crippen LogP contribution in [0.4, 0.5) is 0 Å². The third kappa shape index (κ3) is 3.35. The lowest BCUT2D eigenvalue weighted by Gasteiger charge is -2.28. The second-order valence-corrected chi connectivity index (χ2v) is 5.82. The molecule has 0 bridgehead atoms. The fraction of sp³-hybridized carbons (Fsp3) is 0.562. The van der Waals surface area contributed by atoms with Crippen molar-refractivity contribution in [3.63, 3.8) is 0 Å². The Balaban J connectivity index is 2.03. The number of nitrogens with two attached hydrogens (primary N) is 1. The summed E-state index contributed by atoms with van der Waals surface area (Å²) in [4.78, 5) is 11.4.